The molecule has 1 fully saturated rings. The third-order valence-corrected chi connectivity index (χ3v) is 4.61. The highest BCUT2D eigenvalue weighted by molar-refractivity contribution is 5.48. The maximum Gasteiger partial charge on any atom is 0.265 e. The molecule has 114 valence electrons. The molecule has 4 heteroatoms. The summed E-state index contributed by atoms with van der Waals surface area (Å²) in [5.74, 6) is 1.11. The molecule has 1 aliphatic heterocycles. The fourth-order valence-corrected chi connectivity index (χ4v) is 3.34. The zero-order valence-corrected chi connectivity index (χ0v) is 12.6. The van der Waals surface area contributed by atoms with Crippen molar-refractivity contribution >= 4 is 5.69 Å². The van der Waals surface area contributed by atoms with Crippen molar-refractivity contribution in [2.24, 2.45) is 11.3 Å². The van der Waals surface area contributed by atoms with Crippen molar-refractivity contribution in [2.45, 2.75) is 39.5 Å². The number of nitrogens with zero attached hydrogens (tertiary/aromatic N) is 1. The van der Waals surface area contributed by atoms with E-state index >= 15 is 0 Å². The van der Waals surface area contributed by atoms with Crippen LogP contribution in [0, 0.1) is 11.3 Å². The Labute approximate surface area is 125 Å². The van der Waals surface area contributed by atoms with Gasteiger partial charge in [0.1, 0.15) is 0 Å². The Balaban J connectivity index is 1.92. The molecule has 0 bridgehead atoms. The van der Waals surface area contributed by atoms with Crippen LogP contribution in [0.1, 0.15) is 39.5 Å². The number of halogens is 1. The molecule has 3 rings (SSSR count). The Morgan fingerprint density at radius 2 is 1.90 bits per heavy atom. The number of hydrogen-bond donors (Lipinski definition) is 0. The van der Waals surface area contributed by atoms with Gasteiger partial charge in [-0.2, -0.15) is 0 Å². The summed E-state index contributed by atoms with van der Waals surface area (Å²) in [6.07, 6.45) is 4.55. The first kappa shape index (κ1) is 14.2. The van der Waals surface area contributed by atoms with E-state index in [-0.39, 0.29) is 24.0 Å². The van der Waals surface area contributed by atoms with Gasteiger partial charge >= 0.3 is 0 Å². The second-order valence-corrected chi connectivity index (χ2v) is 6.48. The molecule has 0 radical (unpaired) electrons. The standard InChI is InChI=1S/C17H22FNO2/c1-17(2)11-7-6-10-14(17)15-16(21-12-20-15)19(18)13-8-4-3-5-9-13/h3-5,8-9,14H,6-7,10-12H2,1-2H3. The Kier molecular flexibility index (Phi) is 3.79. The molecule has 1 aromatic rings. The van der Waals surface area contributed by atoms with Crippen molar-refractivity contribution in [2.75, 3.05) is 11.9 Å². The van der Waals surface area contributed by atoms with Gasteiger partial charge in [-0.25, -0.2) is 0 Å². The van der Waals surface area contributed by atoms with Gasteiger partial charge in [0.15, 0.2) is 5.76 Å². The number of ether oxygens (including phenoxy) is 2. The number of allylic oxidation sites excluding steroid dienone is 1. The molecule has 0 N–H and O–H groups in total. The van der Waals surface area contributed by atoms with Gasteiger partial charge in [-0.05, 0) is 30.4 Å². The minimum Gasteiger partial charge on any atom is -0.456 e. The van der Waals surface area contributed by atoms with Gasteiger partial charge in [-0.15, -0.1) is 5.12 Å². The van der Waals surface area contributed by atoms with Gasteiger partial charge in [-0.3, -0.25) is 0 Å². The fourth-order valence-electron chi connectivity index (χ4n) is 3.34. The molecular weight excluding hydrogens is 269 g/mol. The number of anilines is 1. The van der Waals surface area contributed by atoms with Crippen molar-refractivity contribution in [3.05, 3.63) is 42.0 Å². The topological polar surface area (TPSA) is 21.7 Å². The SMILES string of the molecule is CC1(C)CCCCC1C1=C(N(F)c2ccccc2)OCO1. The van der Waals surface area contributed by atoms with E-state index in [4.69, 9.17) is 9.47 Å². The first-order valence-electron chi connectivity index (χ1n) is 7.60. The highest BCUT2D eigenvalue weighted by Gasteiger charge is 2.41. The smallest absolute Gasteiger partial charge is 0.265 e. The molecule has 1 unspecified atom stereocenters. The Bertz CT molecular complexity index is 527. The second kappa shape index (κ2) is 5.58. The van der Waals surface area contributed by atoms with Crippen LogP contribution in [-0.4, -0.2) is 6.79 Å². The Hall–Kier alpha value is -1.71. The van der Waals surface area contributed by atoms with Crippen LogP contribution in [0.2, 0.25) is 0 Å². The van der Waals surface area contributed by atoms with Crippen molar-refractivity contribution in [3.63, 3.8) is 0 Å². The zero-order valence-electron chi connectivity index (χ0n) is 12.6. The average molecular weight is 291 g/mol. The molecule has 0 amide bonds. The molecule has 0 aromatic heterocycles. The fraction of sp³-hybridized carbons (Fsp3) is 0.529. The van der Waals surface area contributed by atoms with E-state index in [1.54, 1.807) is 12.1 Å². The maximum absolute atomic E-state index is 14.7. The Morgan fingerprint density at radius 3 is 2.62 bits per heavy atom. The molecule has 2 aliphatic rings. The van der Waals surface area contributed by atoms with Crippen molar-refractivity contribution in [1.82, 2.24) is 0 Å². The predicted octanol–water partition coefficient (Wildman–Crippen LogP) is 4.77. The quantitative estimate of drug-likeness (QED) is 0.749. The molecule has 3 nitrogen and oxygen atoms in total. The summed E-state index contributed by atoms with van der Waals surface area (Å²) < 4.78 is 25.8. The summed E-state index contributed by atoms with van der Waals surface area (Å²) in [5, 5.41) is 0.604. The lowest BCUT2D eigenvalue weighted by Crippen LogP contribution is -2.31. The number of rotatable bonds is 3. The predicted molar refractivity (Wildman–Crippen MR) is 79.8 cm³/mol. The molecule has 1 heterocycles. The minimum atomic E-state index is 0.102. The summed E-state index contributed by atoms with van der Waals surface area (Å²) >= 11 is 0. The van der Waals surface area contributed by atoms with Crippen LogP contribution in [0.15, 0.2) is 42.0 Å². The van der Waals surface area contributed by atoms with Crippen molar-refractivity contribution in [3.8, 4) is 0 Å². The van der Waals surface area contributed by atoms with Gasteiger partial charge in [0.2, 0.25) is 6.79 Å². The van der Waals surface area contributed by atoms with E-state index in [9.17, 15) is 4.48 Å². The van der Waals surface area contributed by atoms with Gasteiger partial charge in [0.25, 0.3) is 5.88 Å². The third kappa shape index (κ3) is 2.71. The first-order chi connectivity index (χ1) is 10.1. The largest absolute Gasteiger partial charge is 0.456 e. The molecule has 21 heavy (non-hydrogen) atoms. The summed E-state index contributed by atoms with van der Waals surface area (Å²) in [6, 6.07) is 8.92. The van der Waals surface area contributed by atoms with Gasteiger partial charge in [0.05, 0.1) is 5.69 Å². The number of benzene rings is 1. The van der Waals surface area contributed by atoms with E-state index in [0.717, 1.165) is 19.3 Å². The summed E-state index contributed by atoms with van der Waals surface area (Å²) in [5.41, 5.74) is 0.577. The van der Waals surface area contributed by atoms with Crippen molar-refractivity contribution < 1.29 is 14.0 Å². The highest BCUT2D eigenvalue weighted by atomic mass is 19.2. The molecule has 0 spiro atoms. The van der Waals surface area contributed by atoms with E-state index in [1.807, 2.05) is 18.2 Å². The van der Waals surface area contributed by atoms with E-state index in [1.165, 1.54) is 6.42 Å². The molecule has 1 atom stereocenters. The van der Waals surface area contributed by atoms with E-state index < -0.39 is 0 Å². The maximum atomic E-state index is 14.7. The van der Waals surface area contributed by atoms with Crippen LogP contribution in [0.3, 0.4) is 0 Å². The monoisotopic (exact) mass is 291 g/mol. The average Bonchev–Trinajstić information content (AvgIpc) is 2.96. The lowest BCUT2D eigenvalue weighted by Gasteiger charge is -2.38. The number of hydrogen-bond acceptors (Lipinski definition) is 3. The van der Waals surface area contributed by atoms with Crippen LogP contribution in [0.4, 0.5) is 10.2 Å². The van der Waals surface area contributed by atoms with Crippen LogP contribution in [0.25, 0.3) is 0 Å². The van der Waals surface area contributed by atoms with Gasteiger partial charge < -0.3 is 9.47 Å². The highest BCUT2D eigenvalue weighted by Crippen LogP contribution is 2.47. The lowest BCUT2D eigenvalue weighted by atomic mass is 9.68. The second-order valence-electron chi connectivity index (χ2n) is 6.48. The molecule has 1 saturated carbocycles. The lowest BCUT2D eigenvalue weighted by molar-refractivity contribution is 0.0379. The summed E-state index contributed by atoms with van der Waals surface area (Å²) in [6.45, 7) is 4.56. The van der Waals surface area contributed by atoms with Gasteiger partial charge in [0, 0.05) is 5.92 Å². The van der Waals surface area contributed by atoms with Crippen LogP contribution in [0.5, 0.6) is 0 Å². The normalized spacial score (nSPS) is 24.4. The van der Waals surface area contributed by atoms with Crippen molar-refractivity contribution in [1.29, 1.82) is 0 Å². The first-order valence-corrected chi connectivity index (χ1v) is 7.60. The van der Waals surface area contributed by atoms with Gasteiger partial charge in [-0.1, -0.05) is 49.4 Å². The minimum absolute atomic E-state index is 0.102. The van der Waals surface area contributed by atoms with Crippen LogP contribution in [-0.2, 0) is 9.47 Å². The molecular formula is C17H22FNO2. The summed E-state index contributed by atoms with van der Waals surface area (Å²) in [7, 11) is 0. The van der Waals surface area contributed by atoms with E-state index in [0.29, 0.717) is 16.6 Å². The number of para-hydroxylation sites is 1. The molecule has 1 aliphatic carbocycles. The van der Waals surface area contributed by atoms with Crippen LogP contribution < -0.4 is 5.12 Å². The molecule has 0 saturated heterocycles. The summed E-state index contributed by atoms with van der Waals surface area (Å²) in [4.78, 5) is 0. The van der Waals surface area contributed by atoms with Crippen LogP contribution >= 0.6 is 0 Å². The zero-order chi connectivity index (χ0) is 14.9. The van der Waals surface area contributed by atoms with E-state index in [2.05, 4.69) is 13.8 Å². The Morgan fingerprint density at radius 1 is 1.14 bits per heavy atom. The third-order valence-electron chi connectivity index (χ3n) is 4.61. The molecule has 1 aromatic carbocycles.